The van der Waals surface area contributed by atoms with Gasteiger partial charge in [-0.2, -0.15) is 5.10 Å². The van der Waals surface area contributed by atoms with Gasteiger partial charge >= 0.3 is 0 Å². The molecule has 17 heavy (non-hydrogen) atoms. The Balaban J connectivity index is 2.80. The Bertz CT molecular complexity index is 391. The fourth-order valence-corrected chi connectivity index (χ4v) is 1.50. The third-order valence-electron chi connectivity index (χ3n) is 2.40. The van der Waals surface area contributed by atoms with Gasteiger partial charge in [0, 0.05) is 19.8 Å². The van der Waals surface area contributed by atoms with E-state index in [-0.39, 0.29) is 11.4 Å². The molecule has 1 heterocycles. The van der Waals surface area contributed by atoms with Crippen molar-refractivity contribution in [1.29, 1.82) is 0 Å². The van der Waals surface area contributed by atoms with Crippen LogP contribution in [0, 0.1) is 0 Å². The van der Waals surface area contributed by atoms with Crippen molar-refractivity contribution < 1.29 is 9.90 Å². The number of aromatic nitrogens is 2. The number of hydrogen-bond donors (Lipinski definition) is 1. The standard InChI is InChI=1S/C12H21N3O2/c1-9(16)7-14(5)11(17)10-6-13-15(8-10)12(2,3)4/h6,8-9,16H,7H2,1-5H3. The van der Waals surface area contributed by atoms with E-state index in [4.69, 9.17) is 0 Å². The smallest absolute Gasteiger partial charge is 0.256 e. The lowest BCUT2D eigenvalue weighted by atomic mass is 10.1. The van der Waals surface area contributed by atoms with E-state index in [1.807, 2.05) is 20.8 Å². The Hall–Kier alpha value is -1.36. The number of likely N-dealkylation sites (N-methyl/N-ethyl adjacent to an activating group) is 1. The van der Waals surface area contributed by atoms with Crippen molar-refractivity contribution in [3.8, 4) is 0 Å². The zero-order chi connectivity index (χ0) is 13.2. The molecule has 0 spiro atoms. The Kier molecular flexibility index (Phi) is 3.93. The van der Waals surface area contributed by atoms with Crippen LogP contribution in [0.25, 0.3) is 0 Å². The van der Waals surface area contributed by atoms with Crippen LogP contribution in [0.5, 0.6) is 0 Å². The Morgan fingerprint density at radius 1 is 1.59 bits per heavy atom. The van der Waals surface area contributed by atoms with Gasteiger partial charge in [-0.1, -0.05) is 0 Å². The molecular weight excluding hydrogens is 218 g/mol. The summed E-state index contributed by atoms with van der Waals surface area (Å²) in [6.45, 7) is 8.04. The highest BCUT2D eigenvalue weighted by molar-refractivity contribution is 5.93. The van der Waals surface area contributed by atoms with Crippen LogP contribution in [-0.4, -0.2) is 45.4 Å². The summed E-state index contributed by atoms with van der Waals surface area (Å²) in [6, 6.07) is 0. The van der Waals surface area contributed by atoms with Crippen molar-refractivity contribution in [2.45, 2.75) is 39.3 Å². The molecule has 0 radical (unpaired) electrons. The van der Waals surface area contributed by atoms with Gasteiger partial charge in [0.1, 0.15) is 0 Å². The molecule has 0 fully saturated rings. The fourth-order valence-electron chi connectivity index (χ4n) is 1.50. The number of carbonyl (C=O) groups excluding carboxylic acids is 1. The SMILES string of the molecule is CC(O)CN(C)C(=O)c1cnn(C(C)(C)C)c1. The first-order chi connectivity index (χ1) is 7.71. The molecule has 96 valence electrons. The molecule has 5 heteroatoms. The normalized spacial score (nSPS) is 13.5. The first kappa shape index (κ1) is 13.7. The summed E-state index contributed by atoms with van der Waals surface area (Å²) in [5.74, 6) is -0.124. The van der Waals surface area contributed by atoms with Crippen LogP contribution >= 0.6 is 0 Å². The van der Waals surface area contributed by atoms with Gasteiger partial charge in [0.05, 0.1) is 23.4 Å². The highest BCUT2D eigenvalue weighted by Gasteiger charge is 2.19. The van der Waals surface area contributed by atoms with Crippen molar-refractivity contribution in [3.63, 3.8) is 0 Å². The summed E-state index contributed by atoms with van der Waals surface area (Å²) in [5, 5.41) is 13.4. The molecule has 1 aromatic heterocycles. The molecule has 0 aliphatic carbocycles. The van der Waals surface area contributed by atoms with Crippen molar-refractivity contribution in [3.05, 3.63) is 18.0 Å². The molecular formula is C12H21N3O2. The summed E-state index contributed by atoms with van der Waals surface area (Å²) < 4.78 is 1.76. The molecule has 0 aliphatic heterocycles. The maximum atomic E-state index is 12.0. The van der Waals surface area contributed by atoms with Crippen LogP contribution < -0.4 is 0 Å². The van der Waals surface area contributed by atoms with Gasteiger partial charge in [-0.15, -0.1) is 0 Å². The van der Waals surface area contributed by atoms with Crippen molar-refractivity contribution in [1.82, 2.24) is 14.7 Å². The second-order valence-corrected chi connectivity index (χ2v) is 5.38. The van der Waals surface area contributed by atoms with E-state index < -0.39 is 6.10 Å². The average molecular weight is 239 g/mol. The van der Waals surface area contributed by atoms with Gasteiger partial charge < -0.3 is 10.0 Å². The maximum absolute atomic E-state index is 12.0. The Morgan fingerprint density at radius 2 is 2.18 bits per heavy atom. The summed E-state index contributed by atoms with van der Waals surface area (Å²) >= 11 is 0. The lowest BCUT2D eigenvalue weighted by Crippen LogP contribution is -2.33. The first-order valence-corrected chi connectivity index (χ1v) is 5.70. The number of aliphatic hydroxyl groups excluding tert-OH is 1. The number of amides is 1. The van der Waals surface area contributed by atoms with E-state index in [0.29, 0.717) is 12.1 Å². The second kappa shape index (κ2) is 4.87. The first-order valence-electron chi connectivity index (χ1n) is 5.70. The fraction of sp³-hybridized carbons (Fsp3) is 0.667. The number of carbonyl (C=O) groups is 1. The third-order valence-corrected chi connectivity index (χ3v) is 2.40. The zero-order valence-corrected chi connectivity index (χ0v) is 11.1. The van der Waals surface area contributed by atoms with Crippen LogP contribution in [0.1, 0.15) is 38.1 Å². The van der Waals surface area contributed by atoms with E-state index >= 15 is 0 Å². The number of hydrogen-bond acceptors (Lipinski definition) is 3. The lowest BCUT2D eigenvalue weighted by molar-refractivity contribution is 0.0703. The van der Waals surface area contributed by atoms with E-state index in [0.717, 1.165) is 0 Å². The minimum Gasteiger partial charge on any atom is -0.392 e. The van der Waals surface area contributed by atoms with Crippen LogP contribution in [0.3, 0.4) is 0 Å². The Labute approximate surface area is 102 Å². The van der Waals surface area contributed by atoms with Crippen LogP contribution in [0.2, 0.25) is 0 Å². The van der Waals surface area contributed by atoms with Crippen LogP contribution in [0.15, 0.2) is 12.4 Å². The van der Waals surface area contributed by atoms with E-state index in [1.54, 1.807) is 31.0 Å². The zero-order valence-electron chi connectivity index (χ0n) is 11.1. The van der Waals surface area contributed by atoms with Gasteiger partial charge in [-0.05, 0) is 27.7 Å². The van der Waals surface area contributed by atoms with Crippen LogP contribution in [0.4, 0.5) is 0 Å². The van der Waals surface area contributed by atoms with E-state index in [2.05, 4.69) is 5.10 Å². The highest BCUT2D eigenvalue weighted by Crippen LogP contribution is 2.14. The molecule has 1 unspecified atom stereocenters. The monoisotopic (exact) mass is 239 g/mol. The Morgan fingerprint density at radius 3 is 2.59 bits per heavy atom. The minimum atomic E-state index is -0.526. The van der Waals surface area contributed by atoms with E-state index in [9.17, 15) is 9.90 Å². The molecule has 0 saturated heterocycles. The highest BCUT2D eigenvalue weighted by atomic mass is 16.3. The predicted molar refractivity (Wildman–Crippen MR) is 65.9 cm³/mol. The van der Waals surface area contributed by atoms with Gasteiger partial charge in [0.15, 0.2) is 0 Å². The quantitative estimate of drug-likeness (QED) is 0.859. The average Bonchev–Trinajstić information content (AvgIpc) is 2.63. The number of nitrogens with zero attached hydrogens (tertiary/aromatic N) is 3. The van der Waals surface area contributed by atoms with Gasteiger partial charge in [0.25, 0.3) is 5.91 Å². The molecule has 1 rings (SSSR count). The molecule has 1 amide bonds. The summed E-state index contributed by atoms with van der Waals surface area (Å²) in [4.78, 5) is 13.5. The third kappa shape index (κ3) is 3.56. The topological polar surface area (TPSA) is 58.4 Å². The maximum Gasteiger partial charge on any atom is 0.256 e. The van der Waals surface area contributed by atoms with Gasteiger partial charge in [-0.25, -0.2) is 0 Å². The predicted octanol–water partition coefficient (Wildman–Crippen LogP) is 1.09. The largest absolute Gasteiger partial charge is 0.392 e. The second-order valence-electron chi connectivity index (χ2n) is 5.38. The van der Waals surface area contributed by atoms with Crippen molar-refractivity contribution >= 4 is 5.91 Å². The molecule has 1 atom stereocenters. The van der Waals surface area contributed by atoms with Crippen molar-refractivity contribution in [2.75, 3.05) is 13.6 Å². The molecule has 1 aromatic rings. The molecule has 0 bridgehead atoms. The summed E-state index contributed by atoms with van der Waals surface area (Å²) in [5.41, 5.74) is 0.407. The van der Waals surface area contributed by atoms with E-state index in [1.165, 1.54) is 4.90 Å². The van der Waals surface area contributed by atoms with Gasteiger partial charge in [-0.3, -0.25) is 9.48 Å². The van der Waals surface area contributed by atoms with Gasteiger partial charge in [0.2, 0.25) is 0 Å². The number of aliphatic hydroxyl groups is 1. The summed E-state index contributed by atoms with van der Waals surface area (Å²) in [7, 11) is 1.67. The molecule has 0 saturated carbocycles. The lowest BCUT2D eigenvalue weighted by Gasteiger charge is -2.19. The summed E-state index contributed by atoms with van der Waals surface area (Å²) in [6.07, 6.45) is 2.77. The molecule has 0 aromatic carbocycles. The molecule has 5 nitrogen and oxygen atoms in total. The number of rotatable bonds is 3. The molecule has 1 N–H and O–H groups in total. The molecule has 0 aliphatic rings. The minimum absolute atomic E-state index is 0.124. The van der Waals surface area contributed by atoms with Crippen LogP contribution in [-0.2, 0) is 5.54 Å². The van der Waals surface area contributed by atoms with Crippen molar-refractivity contribution in [2.24, 2.45) is 0 Å².